The zero-order valence-electron chi connectivity index (χ0n) is 28.6. The molecule has 4 N–H and O–H groups in total. The SMILES string of the molecule is COC(=O)c1n[nH]c2ccc(Nc3nccc(Oc4ccc(NC(=O)Nc5cc(C(C)(C)C)nn5-c5ccc(C)cc5)c5ccccc45)n3)cc12. The van der Waals surface area contributed by atoms with E-state index < -0.39 is 12.0 Å². The summed E-state index contributed by atoms with van der Waals surface area (Å²) in [5, 5.41) is 23.0. The van der Waals surface area contributed by atoms with Gasteiger partial charge >= 0.3 is 12.0 Å². The van der Waals surface area contributed by atoms with Crippen LogP contribution in [0.1, 0.15) is 42.5 Å². The molecular formula is C38H35N9O4. The first-order valence-electron chi connectivity index (χ1n) is 16.2. The Hall–Kier alpha value is -6.76. The van der Waals surface area contributed by atoms with Crippen molar-refractivity contribution in [2.45, 2.75) is 33.1 Å². The number of H-pyrrole nitrogens is 1. The summed E-state index contributed by atoms with van der Waals surface area (Å²) in [4.78, 5) is 34.5. The van der Waals surface area contributed by atoms with Crippen molar-refractivity contribution < 1.29 is 19.1 Å². The summed E-state index contributed by atoms with van der Waals surface area (Å²) < 4.78 is 12.8. The van der Waals surface area contributed by atoms with E-state index >= 15 is 0 Å². The number of hydrogen-bond acceptors (Lipinski definition) is 9. The topological polar surface area (TPSA) is 161 Å². The fourth-order valence-corrected chi connectivity index (χ4v) is 5.50. The molecular weight excluding hydrogens is 646 g/mol. The highest BCUT2D eigenvalue weighted by molar-refractivity contribution is 6.07. The number of nitrogens with zero attached hydrogens (tertiary/aromatic N) is 5. The van der Waals surface area contributed by atoms with Gasteiger partial charge in [0.05, 0.1) is 29.7 Å². The van der Waals surface area contributed by atoms with Crippen LogP contribution in [0.4, 0.5) is 27.9 Å². The van der Waals surface area contributed by atoms with Gasteiger partial charge < -0.3 is 20.1 Å². The molecule has 2 amide bonds. The molecule has 0 aliphatic rings. The van der Waals surface area contributed by atoms with E-state index in [0.29, 0.717) is 39.7 Å². The van der Waals surface area contributed by atoms with Gasteiger partial charge in [0.2, 0.25) is 11.8 Å². The van der Waals surface area contributed by atoms with Gasteiger partial charge in [0.1, 0.15) is 11.6 Å². The molecule has 3 aromatic heterocycles. The van der Waals surface area contributed by atoms with Crippen molar-refractivity contribution in [3.05, 3.63) is 114 Å². The highest BCUT2D eigenvalue weighted by atomic mass is 16.5. The molecule has 0 unspecified atom stereocenters. The number of benzene rings is 4. The Morgan fingerprint density at radius 3 is 2.41 bits per heavy atom. The van der Waals surface area contributed by atoms with E-state index in [1.807, 2.05) is 67.6 Å². The molecule has 0 fully saturated rings. The normalized spacial score (nSPS) is 11.4. The van der Waals surface area contributed by atoms with E-state index in [1.165, 1.54) is 7.11 Å². The number of rotatable bonds is 8. The Labute approximate surface area is 293 Å². The Kier molecular flexibility index (Phi) is 8.53. The van der Waals surface area contributed by atoms with Gasteiger partial charge in [0, 0.05) is 45.6 Å². The number of carbonyl (C=O) groups is 2. The van der Waals surface area contributed by atoms with Crippen LogP contribution >= 0.6 is 0 Å². The second kappa shape index (κ2) is 13.3. The Balaban J connectivity index is 1.10. The Morgan fingerprint density at radius 2 is 1.65 bits per heavy atom. The van der Waals surface area contributed by atoms with Gasteiger partial charge in [0.25, 0.3) is 0 Å². The van der Waals surface area contributed by atoms with Gasteiger partial charge in [-0.1, -0.05) is 62.7 Å². The lowest BCUT2D eigenvalue weighted by atomic mass is 9.92. The van der Waals surface area contributed by atoms with E-state index in [1.54, 1.807) is 41.2 Å². The molecule has 7 aromatic rings. The minimum absolute atomic E-state index is 0.181. The van der Waals surface area contributed by atoms with Crippen molar-refractivity contribution in [3.63, 3.8) is 0 Å². The Morgan fingerprint density at radius 1 is 0.863 bits per heavy atom. The summed E-state index contributed by atoms with van der Waals surface area (Å²) >= 11 is 0. The van der Waals surface area contributed by atoms with Crippen molar-refractivity contribution in [2.24, 2.45) is 0 Å². The average molecular weight is 682 g/mol. The minimum Gasteiger partial charge on any atom is -0.464 e. The highest BCUT2D eigenvalue weighted by Crippen LogP contribution is 2.35. The number of hydrogen-bond donors (Lipinski definition) is 4. The molecule has 3 heterocycles. The van der Waals surface area contributed by atoms with E-state index in [4.69, 9.17) is 14.6 Å². The van der Waals surface area contributed by atoms with Crippen molar-refractivity contribution in [1.82, 2.24) is 29.9 Å². The number of fused-ring (bicyclic) bond motifs is 2. The summed E-state index contributed by atoms with van der Waals surface area (Å²) in [6, 6.07) is 27.7. The minimum atomic E-state index is -0.542. The lowest BCUT2D eigenvalue weighted by Gasteiger charge is -2.14. The summed E-state index contributed by atoms with van der Waals surface area (Å²) in [5.41, 5.74) is 4.70. The number of aryl methyl sites for hydroxylation is 1. The van der Waals surface area contributed by atoms with Crippen LogP contribution in [0.15, 0.2) is 97.2 Å². The second-order valence-electron chi connectivity index (χ2n) is 12.9. The monoisotopic (exact) mass is 681 g/mol. The molecule has 0 saturated heterocycles. The maximum absolute atomic E-state index is 13.5. The molecule has 0 radical (unpaired) electrons. The summed E-state index contributed by atoms with van der Waals surface area (Å²) in [6.45, 7) is 8.27. The Bertz CT molecular complexity index is 2410. The number of ether oxygens (including phenoxy) is 2. The van der Waals surface area contributed by atoms with E-state index in [9.17, 15) is 9.59 Å². The summed E-state index contributed by atoms with van der Waals surface area (Å²) in [5.74, 6) is 1.13. The van der Waals surface area contributed by atoms with Gasteiger partial charge in [0.15, 0.2) is 5.69 Å². The van der Waals surface area contributed by atoms with Crippen molar-refractivity contribution in [3.8, 4) is 17.3 Å². The first-order chi connectivity index (χ1) is 24.6. The maximum atomic E-state index is 13.5. The molecule has 0 aliphatic heterocycles. The smallest absolute Gasteiger partial charge is 0.359 e. The van der Waals surface area contributed by atoms with E-state index in [-0.39, 0.29) is 17.1 Å². The first-order valence-corrected chi connectivity index (χ1v) is 16.2. The maximum Gasteiger partial charge on any atom is 0.359 e. The van der Waals surface area contributed by atoms with Gasteiger partial charge in [-0.3, -0.25) is 10.4 Å². The van der Waals surface area contributed by atoms with Crippen molar-refractivity contribution in [2.75, 3.05) is 23.1 Å². The standard InChI is InChI=1S/C38H35N9O4/c1-22-10-13-24(14-11-22)47-32(21-31(46-47)38(2,3)4)42-37(49)41-28-16-17-30(26-9-7-6-8-25(26)28)51-33-18-19-39-36(43-33)40-23-12-15-29-27(20-23)34(45-44-29)35(48)50-5/h6-21H,1-5H3,(H,44,45)(H,39,40,43)(H2,41,42,49). The first kappa shape index (κ1) is 32.8. The van der Waals surface area contributed by atoms with Crippen LogP contribution in [0.25, 0.3) is 27.4 Å². The predicted molar refractivity (Wildman–Crippen MR) is 196 cm³/mol. The van der Waals surface area contributed by atoms with Crippen LogP contribution in [-0.4, -0.2) is 49.1 Å². The lowest BCUT2D eigenvalue weighted by Crippen LogP contribution is -2.21. The number of anilines is 4. The molecule has 0 saturated carbocycles. The molecule has 0 bridgehead atoms. The second-order valence-corrected chi connectivity index (χ2v) is 12.9. The fraction of sp³-hybridized carbons (Fsp3) is 0.158. The van der Waals surface area contributed by atoms with E-state index in [0.717, 1.165) is 27.7 Å². The zero-order chi connectivity index (χ0) is 35.7. The van der Waals surface area contributed by atoms with Gasteiger partial charge in [-0.25, -0.2) is 19.3 Å². The molecule has 4 aromatic carbocycles. The van der Waals surface area contributed by atoms with Crippen LogP contribution in [0, 0.1) is 6.92 Å². The number of aromatic nitrogens is 6. The third kappa shape index (κ3) is 6.90. The van der Waals surface area contributed by atoms with Gasteiger partial charge in [-0.05, 0) is 49.4 Å². The molecule has 0 atom stereocenters. The summed E-state index contributed by atoms with van der Waals surface area (Å²) in [7, 11) is 1.31. The predicted octanol–water partition coefficient (Wildman–Crippen LogP) is 8.26. The van der Waals surface area contributed by atoms with Crippen molar-refractivity contribution in [1.29, 1.82) is 0 Å². The molecule has 7 rings (SSSR count). The van der Waals surface area contributed by atoms with E-state index in [2.05, 4.69) is 56.9 Å². The van der Waals surface area contributed by atoms with Crippen molar-refractivity contribution >= 4 is 56.8 Å². The number of aromatic amines is 1. The molecule has 0 aliphatic carbocycles. The molecule has 0 spiro atoms. The molecule has 51 heavy (non-hydrogen) atoms. The van der Waals surface area contributed by atoms with Crippen LogP contribution in [0.5, 0.6) is 11.6 Å². The molecule has 13 nitrogen and oxygen atoms in total. The lowest BCUT2D eigenvalue weighted by molar-refractivity contribution is 0.0596. The average Bonchev–Trinajstić information content (AvgIpc) is 3.74. The van der Waals surface area contributed by atoms with Crippen LogP contribution in [0.3, 0.4) is 0 Å². The fourth-order valence-electron chi connectivity index (χ4n) is 5.50. The zero-order valence-corrected chi connectivity index (χ0v) is 28.6. The van der Waals surface area contributed by atoms with Crippen LogP contribution < -0.4 is 20.7 Å². The molecule has 13 heteroatoms. The number of urea groups is 1. The van der Waals surface area contributed by atoms with Crippen LogP contribution in [0.2, 0.25) is 0 Å². The quantitative estimate of drug-likeness (QED) is 0.116. The number of nitrogens with one attached hydrogen (secondary N) is 4. The number of methoxy groups -OCH3 is 1. The summed E-state index contributed by atoms with van der Waals surface area (Å²) in [6.07, 6.45) is 1.58. The highest BCUT2D eigenvalue weighted by Gasteiger charge is 2.22. The van der Waals surface area contributed by atoms with Gasteiger partial charge in [-0.2, -0.15) is 15.2 Å². The third-order valence-corrected chi connectivity index (χ3v) is 8.17. The number of esters is 1. The van der Waals surface area contributed by atoms with Crippen LogP contribution in [-0.2, 0) is 10.2 Å². The third-order valence-electron chi connectivity index (χ3n) is 8.17. The largest absolute Gasteiger partial charge is 0.464 e. The molecule has 256 valence electrons. The van der Waals surface area contributed by atoms with Gasteiger partial charge in [-0.15, -0.1) is 0 Å². The number of carbonyl (C=O) groups excluding carboxylic acids is 2. The number of amides is 2.